The number of hydrogen-bond acceptors (Lipinski definition) is 2. The fourth-order valence-electron chi connectivity index (χ4n) is 1.14. The molecule has 0 amide bonds. The van der Waals surface area contributed by atoms with Crippen LogP contribution in [-0.4, -0.2) is 22.3 Å². The summed E-state index contributed by atoms with van der Waals surface area (Å²) in [6, 6.07) is 0. The van der Waals surface area contributed by atoms with Gasteiger partial charge in [-0.05, 0) is 18.8 Å². The van der Waals surface area contributed by atoms with E-state index in [2.05, 4.69) is 0 Å². The molecule has 1 unspecified atom stereocenters. The molecule has 1 fully saturated rings. The Morgan fingerprint density at radius 3 is 2.60 bits per heavy atom. The Morgan fingerprint density at radius 2 is 2.20 bits per heavy atom. The zero-order valence-corrected chi connectivity index (χ0v) is 7.03. The van der Waals surface area contributed by atoms with E-state index in [9.17, 15) is 4.21 Å². The highest BCUT2D eigenvalue weighted by Gasteiger charge is 2.19. The second kappa shape index (κ2) is 4.09. The average molecular weight is 161 g/mol. The van der Waals surface area contributed by atoms with Crippen LogP contribution in [0.1, 0.15) is 19.3 Å². The fourth-order valence-corrected chi connectivity index (χ4v) is 2.43. The van der Waals surface area contributed by atoms with Crippen molar-refractivity contribution in [3.63, 3.8) is 0 Å². The van der Waals surface area contributed by atoms with E-state index in [1.807, 2.05) is 0 Å². The summed E-state index contributed by atoms with van der Waals surface area (Å²) in [5, 5.41) is 0. The maximum atomic E-state index is 11.1. The Labute approximate surface area is 64.6 Å². The highest BCUT2D eigenvalue weighted by Crippen LogP contribution is 2.26. The van der Waals surface area contributed by atoms with Crippen LogP contribution in [0.4, 0.5) is 0 Å². The molecule has 1 atom stereocenters. The molecule has 1 aliphatic rings. The summed E-state index contributed by atoms with van der Waals surface area (Å²) in [7, 11) is -0.624. The lowest BCUT2D eigenvalue weighted by molar-refractivity contribution is 0.350. The van der Waals surface area contributed by atoms with Crippen molar-refractivity contribution < 1.29 is 4.21 Å². The zero-order chi connectivity index (χ0) is 7.40. The molecule has 0 bridgehead atoms. The van der Waals surface area contributed by atoms with Crippen LogP contribution in [0.2, 0.25) is 0 Å². The Balaban J connectivity index is 2.05. The first-order chi connectivity index (χ1) is 4.83. The van der Waals surface area contributed by atoms with Crippen molar-refractivity contribution in [3.05, 3.63) is 0 Å². The fraction of sp³-hybridized carbons (Fsp3) is 1.00. The van der Waals surface area contributed by atoms with Gasteiger partial charge in [-0.25, -0.2) is 0 Å². The van der Waals surface area contributed by atoms with Gasteiger partial charge in [-0.1, -0.05) is 6.42 Å². The van der Waals surface area contributed by atoms with Crippen molar-refractivity contribution in [2.24, 2.45) is 11.7 Å². The molecule has 2 N–H and O–H groups in total. The predicted molar refractivity (Wildman–Crippen MR) is 44.3 cm³/mol. The standard InChI is InChI=1S/C7H15NOS/c8-4-5-10(9)6-7-2-1-3-7/h7H,1-6,8H2. The molecule has 0 spiro atoms. The van der Waals surface area contributed by atoms with Crippen LogP contribution >= 0.6 is 0 Å². The lowest BCUT2D eigenvalue weighted by Crippen LogP contribution is -2.22. The van der Waals surface area contributed by atoms with Crippen LogP contribution in [0, 0.1) is 5.92 Å². The molecule has 1 saturated carbocycles. The summed E-state index contributed by atoms with van der Waals surface area (Å²) in [6.45, 7) is 0.569. The molecular weight excluding hydrogens is 146 g/mol. The highest BCUT2D eigenvalue weighted by atomic mass is 32.2. The third kappa shape index (κ3) is 2.39. The molecule has 0 heterocycles. The van der Waals surface area contributed by atoms with Crippen molar-refractivity contribution in [1.29, 1.82) is 0 Å². The summed E-state index contributed by atoms with van der Waals surface area (Å²) in [4.78, 5) is 0. The minimum Gasteiger partial charge on any atom is -0.330 e. The third-order valence-electron chi connectivity index (χ3n) is 1.99. The van der Waals surface area contributed by atoms with Crippen LogP contribution in [-0.2, 0) is 10.8 Å². The Kier molecular flexibility index (Phi) is 3.35. The Morgan fingerprint density at radius 1 is 1.50 bits per heavy atom. The zero-order valence-electron chi connectivity index (χ0n) is 6.21. The lowest BCUT2D eigenvalue weighted by Gasteiger charge is -2.24. The first-order valence-corrected chi connectivity index (χ1v) is 5.37. The molecule has 0 saturated heterocycles. The summed E-state index contributed by atoms with van der Waals surface area (Å²) < 4.78 is 11.1. The van der Waals surface area contributed by atoms with Gasteiger partial charge in [0, 0.05) is 28.9 Å². The number of rotatable bonds is 4. The molecule has 0 aliphatic heterocycles. The normalized spacial score (nSPS) is 22.1. The van der Waals surface area contributed by atoms with Gasteiger partial charge >= 0.3 is 0 Å². The van der Waals surface area contributed by atoms with E-state index in [0.717, 1.165) is 11.7 Å². The van der Waals surface area contributed by atoms with Crippen LogP contribution in [0.15, 0.2) is 0 Å². The smallest absolute Gasteiger partial charge is 0.0357 e. The molecule has 2 nitrogen and oxygen atoms in total. The third-order valence-corrected chi connectivity index (χ3v) is 3.53. The molecule has 60 valence electrons. The van der Waals surface area contributed by atoms with Crippen LogP contribution < -0.4 is 5.73 Å². The van der Waals surface area contributed by atoms with Gasteiger partial charge in [0.25, 0.3) is 0 Å². The molecule has 0 aromatic heterocycles. The largest absolute Gasteiger partial charge is 0.330 e. The number of hydrogen-bond donors (Lipinski definition) is 1. The molecule has 0 radical (unpaired) electrons. The van der Waals surface area contributed by atoms with E-state index in [4.69, 9.17) is 5.73 Å². The van der Waals surface area contributed by atoms with Crippen molar-refractivity contribution in [2.75, 3.05) is 18.1 Å². The first kappa shape index (κ1) is 8.21. The average Bonchev–Trinajstić information content (AvgIpc) is 1.80. The van der Waals surface area contributed by atoms with Gasteiger partial charge < -0.3 is 5.73 Å². The molecule has 1 aliphatic carbocycles. The van der Waals surface area contributed by atoms with Gasteiger partial charge in [0.1, 0.15) is 0 Å². The first-order valence-electron chi connectivity index (χ1n) is 3.88. The maximum absolute atomic E-state index is 11.1. The lowest BCUT2D eigenvalue weighted by atomic mass is 9.87. The van der Waals surface area contributed by atoms with Crippen LogP contribution in [0.3, 0.4) is 0 Å². The summed E-state index contributed by atoms with van der Waals surface area (Å²) in [5.74, 6) is 2.35. The maximum Gasteiger partial charge on any atom is 0.0357 e. The van der Waals surface area contributed by atoms with Gasteiger partial charge in [0.15, 0.2) is 0 Å². The molecule has 3 heteroatoms. The van der Waals surface area contributed by atoms with Gasteiger partial charge in [-0.3, -0.25) is 4.21 Å². The summed E-state index contributed by atoms with van der Waals surface area (Å²) in [5.41, 5.74) is 5.27. The van der Waals surface area contributed by atoms with Crippen molar-refractivity contribution in [3.8, 4) is 0 Å². The molecule has 10 heavy (non-hydrogen) atoms. The molecule has 0 aromatic rings. The second-order valence-corrected chi connectivity index (χ2v) is 4.52. The van der Waals surface area contributed by atoms with E-state index in [1.165, 1.54) is 19.3 Å². The topological polar surface area (TPSA) is 43.1 Å². The van der Waals surface area contributed by atoms with E-state index in [1.54, 1.807) is 0 Å². The van der Waals surface area contributed by atoms with Gasteiger partial charge in [0.2, 0.25) is 0 Å². The monoisotopic (exact) mass is 161 g/mol. The highest BCUT2D eigenvalue weighted by molar-refractivity contribution is 7.85. The predicted octanol–water partition coefficient (Wildman–Crippen LogP) is 0.494. The molecule has 0 aromatic carbocycles. The minimum absolute atomic E-state index is 0.569. The van der Waals surface area contributed by atoms with Crippen molar-refractivity contribution >= 4 is 10.8 Å². The van der Waals surface area contributed by atoms with E-state index in [-0.39, 0.29) is 0 Å². The summed E-state index contributed by atoms with van der Waals surface area (Å²) >= 11 is 0. The molecule has 1 rings (SSSR count). The number of nitrogens with two attached hydrogens (primary N) is 1. The second-order valence-electron chi connectivity index (χ2n) is 2.90. The molecular formula is C7H15NOS. The van der Waals surface area contributed by atoms with Crippen molar-refractivity contribution in [1.82, 2.24) is 0 Å². The SMILES string of the molecule is NCCS(=O)CC1CCC1. The summed E-state index contributed by atoms with van der Waals surface area (Å²) in [6.07, 6.45) is 3.91. The van der Waals surface area contributed by atoms with Gasteiger partial charge in [-0.15, -0.1) is 0 Å². The Bertz CT molecular complexity index is 123. The van der Waals surface area contributed by atoms with Crippen LogP contribution in [0.5, 0.6) is 0 Å². The quantitative estimate of drug-likeness (QED) is 0.652. The van der Waals surface area contributed by atoms with Gasteiger partial charge in [-0.2, -0.15) is 0 Å². The van der Waals surface area contributed by atoms with E-state index < -0.39 is 10.8 Å². The van der Waals surface area contributed by atoms with E-state index in [0.29, 0.717) is 12.3 Å². The van der Waals surface area contributed by atoms with Crippen molar-refractivity contribution in [2.45, 2.75) is 19.3 Å². The van der Waals surface area contributed by atoms with E-state index >= 15 is 0 Å². The minimum atomic E-state index is -0.624. The van der Waals surface area contributed by atoms with Gasteiger partial charge in [0.05, 0.1) is 0 Å². The Hall–Kier alpha value is 0.110. The van der Waals surface area contributed by atoms with Crippen LogP contribution in [0.25, 0.3) is 0 Å².